The largest absolute Gasteiger partial charge is 4.00 e. The zero-order valence-corrected chi connectivity index (χ0v) is 18.1. The maximum Gasteiger partial charge on any atom is 4.00 e. The van der Waals surface area contributed by atoms with Gasteiger partial charge in [0.05, 0.1) is 0 Å². The third-order valence-corrected chi connectivity index (χ3v) is 2.37. The third-order valence-electron chi connectivity index (χ3n) is 2.37. The molecule has 0 aromatic heterocycles. The molecule has 2 aliphatic rings. The summed E-state index contributed by atoms with van der Waals surface area (Å²) >= 11 is 0. The van der Waals surface area contributed by atoms with Crippen molar-refractivity contribution >= 4 is 15.1 Å². The zero-order valence-electron chi connectivity index (χ0n) is 13.0. The van der Waals surface area contributed by atoms with Crippen molar-refractivity contribution in [3.63, 3.8) is 0 Å². The van der Waals surface area contributed by atoms with Crippen LogP contribution in [0.1, 0.15) is 18.4 Å². The standard InChI is InChI=1S/C11H9.C5H5.C2H7Si.2ClH.Zr/c1-2-6-10(7-3-1)11-8-4-5-9-11;1-2-4-5-3-1;1-3-2;;;/h1-4,6-8H,5H2;1-3H,4H2;3H,1-2H3;2*1H;/q2*-1;;;;+4/p-2. The molecule has 3 rings (SSSR count). The molecule has 0 spiro atoms. The molecule has 0 heterocycles. The van der Waals surface area contributed by atoms with E-state index in [9.17, 15) is 0 Å². The molecule has 0 amide bonds. The predicted molar refractivity (Wildman–Crippen MR) is 87.3 cm³/mol. The van der Waals surface area contributed by atoms with Crippen LogP contribution in [0.3, 0.4) is 0 Å². The smallest absolute Gasteiger partial charge is 1.00 e. The summed E-state index contributed by atoms with van der Waals surface area (Å²) in [4.78, 5) is 0. The Bertz CT molecular complexity index is 455. The molecule has 0 aliphatic heterocycles. The quantitative estimate of drug-likeness (QED) is 0.385. The van der Waals surface area contributed by atoms with Gasteiger partial charge in [0.2, 0.25) is 0 Å². The Morgan fingerprint density at radius 3 is 1.95 bits per heavy atom. The minimum atomic E-state index is 0. The van der Waals surface area contributed by atoms with Crippen LogP contribution in [0.2, 0.25) is 13.1 Å². The molecule has 0 fully saturated rings. The van der Waals surface area contributed by atoms with Crippen LogP contribution in [0.15, 0.2) is 60.7 Å². The minimum absolute atomic E-state index is 0. The SMILES string of the molecule is C[SiH]C.[C-]1=C(c2ccccc2)C=CC1.[C-]1=CC=CC1.[Cl-].[Cl-].[Zr+4]. The topological polar surface area (TPSA) is 0 Å². The number of allylic oxidation sites excluding steroid dienone is 8. The van der Waals surface area contributed by atoms with Crippen LogP contribution in [0.5, 0.6) is 0 Å². The fraction of sp³-hybridized carbons (Fsp3) is 0.222. The minimum Gasteiger partial charge on any atom is -1.00 e. The van der Waals surface area contributed by atoms with Gasteiger partial charge in [-0.1, -0.05) is 37.7 Å². The van der Waals surface area contributed by atoms with E-state index in [4.69, 9.17) is 0 Å². The first kappa shape index (κ1) is 26.7. The molecule has 1 radical (unpaired) electrons. The summed E-state index contributed by atoms with van der Waals surface area (Å²) in [6, 6.07) is 10.4. The van der Waals surface area contributed by atoms with Crippen molar-refractivity contribution in [2.24, 2.45) is 0 Å². The first-order chi connectivity index (χ1) is 9.38. The molecule has 0 bridgehead atoms. The van der Waals surface area contributed by atoms with Crippen LogP contribution in [0.4, 0.5) is 0 Å². The van der Waals surface area contributed by atoms with E-state index >= 15 is 0 Å². The molecule has 0 N–H and O–H groups in total. The molecule has 115 valence electrons. The molecular weight excluding hydrogens is 406 g/mol. The first-order valence-corrected chi connectivity index (χ1v) is 8.98. The Hall–Kier alpha value is -0.140. The number of halogens is 2. The van der Waals surface area contributed by atoms with Crippen LogP contribution in [0.25, 0.3) is 5.57 Å². The fourth-order valence-electron chi connectivity index (χ4n) is 1.56. The summed E-state index contributed by atoms with van der Waals surface area (Å²) in [5.41, 5.74) is 2.49. The Morgan fingerprint density at radius 2 is 1.59 bits per heavy atom. The van der Waals surface area contributed by atoms with Gasteiger partial charge in [0.25, 0.3) is 0 Å². The van der Waals surface area contributed by atoms with Crippen molar-refractivity contribution < 1.29 is 51.0 Å². The molecular formula is C18H21Cl2SiZr. The van der Waals surface area contributed by atoms with E-state index in [-0.39, 0.29) is 51.0 Å². The molecule has 0 saturated heterocycles. The van der Waals surface area contributed by atoms with Gasteiger partial charge in [-0.2, -0.15) is 23.8 Å². The van der Waals surface area contributed by atoms with Gasteiger partial charge >= 0.3 is 26.2 Å². The second-order valence-electron chi connectivity index (χ2n) is 4.14. The maximum atomic E-state index is 3.28. The molecule has 22 heavy (non-hydrogen) atoms. The summed E-state index contributed by atoms with van der Waals surface area (Å²) in [6.07, 6.45) is 18.5. The van der Waals surface area contributed by atoms with Crippen molar-refractivity contribution in [1.82, 2.24) is 0 Å². The van der Waals surface area contributed by atoms with Gasteiger partial charge in [-0.15, -0.1) is 30.2 Å². The first-order valence-electron chi connectivity index (χ1n) is 6.67. The summed E-state index contributed by atoms with van der Waals surface area (Å²) in [6.45, 7) is 4.42. The average Bonchev–Trinajstić information content (AvgIpc) is 3.17. The number of hydrogen-bond acceptors (Lipinski definition) is 0. The number of benzene rings is 1. The van der Waals surface area contributed by atoms with E-state index in [1.807, 2.05) is 18.2 Å². The summed E-state index contributed by atoms with van der Waals surface area (Å²) in [5, 5.41) is 0. The molecule has 0 unspecified atom stereocenters. The molecule has 1 aromatic rings. The van der Waals surface area contributed by atoms with Crippen LogP contribution in [-0.4, -0.2) is 9.52 Å². The molecule has 4 heteroatoms. The zero-order chi connectivity index (χ0) is 13.8. The van der Waals surface area contributed by atoms with E-state index in [2.05, 4.69) is 67.7 Å². The molecule has 0 atom stereocenters. The van der Waals surface area contributed by atoms with E-state index in [0.717, 1.165) is 22.4 Å². The molecule has 2 aliphatic carbocycles. The summed E-state index contributed by atoms with van der Waals surface area (Å²) in [7, 11) is 0.750. The predicted octanol–water partition coefficient (Wildman–Crippen LogP) is -1.34. The maximum absolute atomic E-state index is 3.28. The average molecular weight is 428 g/mol. The van der Waals surface area contributed by atoms with Gasteiger partial charge in [0.1, 0.15) is 0 Å². The van der Waals surface area contributed by atoms with Crippen LogP contribution in [0, 0.1) is 12.2 Å². The van der Waals surface area contributed by atoms with Gasteiger partial charge in [-0.05, 0) is 0 Å². The monoisotopic (exact) mass is 425 g/mol. The van der Waals surface area contributed by atoms with E-state index in [0.29, 0.717) is 0 Å². The molecule has 0 saturated carbocycles. The van der Waals surface area contributed by atoms with Gasteiger partial charge in [-0.25, -0.2) is 12.2 Å². The van der Waals surface area contributed by atoms with Crippen molar-refractivity contribution in [3.05, 3.63) is 78.4 Å². The van der Waals surface area contributed by atoms with Crippen molar-refractivity contribution in [1.29, 1.82) is 0 Å². The Labute approximate surface area is 169 Å². The van der Waals surface area contributed by atoms with Crippen molar-refractivity contribution in [2.45, 2.75) is 25.9 Å². The van der Waals surface area contributed by atoms with Gasteiger partial charge in [0, 0.05) is 9.52 Å². The molecule has 1 aromatic carbocycles. The third kappa shape index (κ3) is 12.4. The van der Waals surface area contributed by atoms with E-state index in [1.165, 1.54) is 11.1 Å². The number of hydrogen-bond donors (Lipinski definition) is 0. The van der Waals surface area contributed by atoms with Crippen molar-refractivity contribution in [3.8, 4) is 0 Å². The van der Waals surface area contributed by atoms with E-state index < -0.39 is 0 Å². The van der Waals surface area contributed by atoms with Gasteiger partial charge in [-0.3, -0.25) is 6.08 Å². The normalized spacial score (nSPS) is 12.4. The number of rotatable bonds is 1. The fourth-order valence-corrected chi connectivity index (χ4v) is 1.56. The summed E-state index contributed by atoms with van der Waals surface area (Å²) < 4.78 is 0. The van der Waals surface area contributed by atoms with Crippen molar-refractivity contribution in [2.75, 3.05) is 0 Å². The van der Waals surface area contributed by atoms with Crippen LogP contribution < -0.4 is 24.8 Å². The Kier molecular flexibility index (Phi) is 23.0. The van der Waals surface area contributed by atoms with E-state index in [1.54, 1.807) is 0 Å². The van der Waals surface area contributed by atoms with Gasteiger partial charge in [0.15, 0.2) is 0 Å². The van der Waals surface area contributed by atoms with Gasteiger partial charge < -0.3 is 24.8 Å². The molecule has 0 nitrogen and oxygen atoms in total. The summed E-state index contributed by atoms with van der Waals surface area (Å²) in [5.74, 6) is 0. The Balaban J connectivity index is -0.000000283. The second kappa shape index (κ2) is 18.9. The second-order valence-corrected chi connectivity index (χ2v) is 5.30. The van der Waals surface area contributed by atoms with Crippen LogP contribution in [-0.2, 0) is 26.2 Å². The Morgan fingerprint density at radius 1 is 0.955 bits per heavy atom. The van der Waals surface area contributed by atoms with Crippen LogP contribution >= 0.6 is 0 Å².